The number of nitrogens with zero attached hydrogens (tertiary/aromatic N) is 2. The highest BCUT2D eigenvalue weighted by molar-refractivity contribution is 6.30. The number of halogens is 1. The summed E-state index contributed by atoms with van der Waals surface area (Å²) in [6.07, 6.45) is 0. The monoisotopic (exact) mass is 288 g/mol. The van der Waals surface area contributed by atoms with Gasteiger partial charge in [0.05, 0.1) is 10.5 Å². The summed E-state index contributed by atoms with van der Waals surface area (Å²) in [4.78, 5) is 10.3. The quantitative estimate of drug-likeness (QED) is 0.626. The van der Waals surface area contributed by atoms with E-state index in [0.29, 0.717) is 27.6 Å². The lowest BCUT2D eigenvalue weighted by atomic mass is 10.2. The molecular formula is C14H9ClN2O3. The molecular weight excluding hydrogens is 280 g/mol. The first-order valence-corrected chi connectivity index (χ1v) is 6.01. The SMILES string of the molecule is Cc1cc(Oc2ccc(Cl)cc2C#N)ccc1[N+](=O)[O-]. The Hall–Kier alpha value is -2.58. The van der Waals surface area contributed by atoms with Crippen LogP contribution in [-0.4, -0.2) is 4.92 Å². The summed E-state index contributed by atoms with van der Waals surface area (Å²) in [6.45, 7) is 1.62. The number of nitro groups is 1. The molecule has 20 heavy (non-hydrogen) atoms. The number of ether oxygens (including phenoxy) is 1. The van der Waals surface area contributed by atoms with Crippen molar-refractivity contribution in [1.29, 1.82) is 5.26 Å². The Morgan fingerprint density at radius 3 is 2.65 bits per heavy atom. The normalized spacial score (nSPS) is 9.85. The van der Waals surface area contributed by atoms with Crippen LogP contribution in [-0.2, 0) is 0 Å². The highest BCUT2D eigenvalue weighted by Crippen LogP contribution is 2.30. The third-order valence-corrected chi connectivity index (χ3v) is 2.89. The Kier molecular flexibility index (Phi) is 3.87. The van der Waals surface area contributed by atoms with E-state index in [1.165, 1.54) is 18.2 Å². The molecule has 0 aliphatic rings. The van der Waals surface area contributed by atoms with Gasteiger partial charge in [0.25, 0.3) is 5.69 Å². The molecule has 0 heterocycles. The van der Waals surface area contributed by atoms with Crippen LogP contribution in [0.5, 0.6) is 11.5 Å². The topological polar surface area (TPSA) is 76.2 Å². The third-order valence-electron chi connectivity index (χ3n) is 2.65. The van der Waals surface area contributed by atoms with Crippen molar-refractivity contribution in [3.05, 3.63) is 62.7 Å². The van der Waals surface area contributed by atoms with Crippen molar-refractivity contribution in [2.24, 2.45) is 0 Å². The maximum absolute atomic E-state index is 10.7. The summed E-state index contributed by atoms with van der Waals surface area (Å²) < 4.78 is 5.57. The Morgan fingerprint density at radius 1 is 1.30 bits per heavy atom. The van der Waals surface area contributed by atoms with Crippen molar-refractivity contribution in [2.45, 2.75) is 6.92 Å². The highest BCUT2D eigenvalue weighted by atomic mass is 35.5. The van der Waals surface area contributed by atoms with E-state index in [-0.39, 0.29) is 5.69 Å². The van der Waals surface area contributed by atoms with Gasteiger partial charge in [-0.25, -0.2) is 0 Å². The molecule has 0 bridgehead atoms. The molecule has 2 aromatic carbocycles. The van der Waals surface area contributed by atoms with Crippen LogP contribution in [0.25, 0.3) is 0 Å². The maximum Gasteiger partial charge on any atom is 0.272 e. The van der Waals surface area contributed by atoms with Crippen LogP contribution in [0.2, 0.25) is 5.02 Å². The van der Waals surface area contributed by atoms with Crippen LogP contribution in [0.1, 0.15) is 11.1 Å². The molecule has 0 aromatic heterocycles. The number of hydrogen-bond acceptors (Lipinski definition) is 4. The standard InChI is InChI=1S/C14H9ClN2O3/c1-9-6-12(3-4-13(9)17(18)19)20-14-5-2-11(15)7-10(14)8-16/h2-7H,1H3. The van der Waals surface area contributed by atoms with Gasteiger partial charge in [-0.15, -0.1) is 0 Å². The van der Waals surface area contributed by atoms with Crippen LogP contribution in [0.3, 0.4) is 0 Å². The fourth-order valence-corrected chi connectivity index (χ4v) is 1.87. The van der Waals surface area contributed by atoms with E-state index in [0.717, 1.165) is 0 Å². The Balaban J connectivity index is 2.34. The fraction of sp³-hybridized carbons (Fsp3) is 0.0714. The molecule has 2 rings (SSSR count). The smallest absolute Gasteiger partial charge is 0.272 e. The second kappa shape index (κ2) is 5.59. The molecule has 6 heteroatoms. The molecule has 0 saturated carbocycles. The first-order valence-electron chi connectivity index (χ1n) is 5.64. The molecule has 0 atom stereocenters. The Labute approximate surface area is 120 Å². The second-order valence-electron chi connectivity index (χ2n) is 4.06. The minimum absolute atomic E-state index is 0.0222. The van der Waals surface area contributed by atoms with Gasteiger partial charge in [-0.05, 0) is 37.3 Å². The number of nitriles is 1. The lowest BCUT2D eigenvalue weighted by molar-refractivity contribution is -0.385. The number of benzene rings is 2. The number of nitro benzene ring substituents is 1. The molecule has 100 valence electrons. The molecule has 0 N–H and O–H groups in total. The second-order valence-corrected chi connectivity index (χ2v) is 4.50. The van der Waals surface area contributed by atoms with Crippen LogP contribution in [0, 0.1) is 28.4 Å². The molecule has 0 amide bonds. The van der Waals surface area contributed by atoms with Crippen molar-refractivity contribution in [2.75, 3.05) is 0 Å². The maximum atomic E-state index is 10.7. The summed E-state index contributed by atoms with van der Waals surface area (Å²) in [5, 5.41) is 20.2. The van der Waals surface area contributed by atoms with E-state index in [1.807, 2.05) is 6.07 Å². The summed E-state index contributed by atoms with van der Waals surface area (Å²) in [6, 6.07) is 11.1. The van der Waals surface area contributed by atoms with Gasteiger partial charge in [-0.2, -0.15) is 5.26 Å². The largest absolute Gasteiger partial charge is 0.456 e. The van der Waals surface area contributed by atoms with E-state index >= 15 is 0 Å². The number of hydrogen-bond donors (Lipinski definition) is 0. The van der Waals surface area contributed by atoms with E-state index < -0.39 is 4.92 Å². The predicted octanol–water partition coefficient (Wildman–Crippen LogP) is 4.22. The van der Waals surface area contributed by atoms with Crippen molar-refractivity contribution < 1.29 is 9.66 Å². The van der Waals surface area contributed by atoms with Gasteiger partial charge in [0.1, 0.15) is 17.6 Å². The average Bonchev–Trinajstić information content (AvgIpc) is 2.40. The molecule has 2 aromatic rings. The lowest BCUT2D eigenvalue weighted by Crippen LogP contribution is -1.93. The van der Waals surface area contributed by atoms with Gasteiger partial charge < -0.3 is 4.74 Å². The molecule has 0 unspecified atom stereocenters. The van der Waals surface area contributed by atoms with Crippen molar-refractivity contribution in [3.63, 3.8) is 0 Å². The Bertz CT molecular complexity index is 723. The zero-order valence-electron chi connectivity index (χ0n) is 10.5. The fourth-order valence-electron chi connectivity index (χ4n) is 1.70. The molecule has 0 saturated heterocycles. The zero-order valence-corrected chi connectivity index (χ0v) is 11.2. The van der Waals surface area contributed by atoms with Crippen molar-refractivity contribution in [1.82, 2.24) is 0 Å². The molecule has 0 radical (unpaired) electrons. The van der Waals surface area contributed by atoms with Gasteiger partial charge in [-0.1, -0.05) is 11.6 Å². The summed E-state index contributed by atoms with van der Waals surface area (Å²) in [5.41, 5.74) is 0.808. The molecule has 0 aliphatic carbocycles. The molecule has 0 spiro atoms. The highest BCUT2D eigenvalue weighted by Gasteiger charge is 2.12. The van der Waals surface area contributed by atoms with Gasteiger partial charge in [0, 0.05) is 16.7 Å². The van der Waals surface area contributed by atoms with E-state index in [4.69, 9.17) is 21.6 Å². The lowest BCUT2D eigenvalue weighted by Gasteiger charge is -2.08. The summed E-state index contributed by atoms with van der Waals surface area (Å²) in [5.74, 6) is 0.775. The van der Waals surface area contributed by atoms with Gasteiger partial charge in [0.15, 0.2) is 0 Å². The van der Waals surface area contributed by atoms with Gasteiger partial charge >= 0.3 is 0 Å². The van der Waals surface area contributed by atoms with E-state index in [1.54, 1.807) is 25.1 Å². The van der Waals surface area contributed by atoms with Gasteiger partial charge in [0.2, 0.25) is 0 Å². The minimum Gasteiger partial charge on any atom is -0.456 e. The van der Waals surface area contributed by atoms with Gasteiger partial charge in [-0.3, -0.25) is 10.1 Å². The van der Waals surface area contributed by atoms with Crippen molar-refractivity contribution in [3.8, 4) is 17.6 Å². The average molecular weight is 289 g/mol. The third kappa shape index (κ3) is 2.87. The molecule has 0 aliphatic heterocycles. The van der Waals surface area contributed by atoms with Crippen LogP contribution in [0.15, 0.2) is 36.4 Å². The molecule has 5 nitrogen and oxygen atoms in total. The van der Waals surface area contributed by atoms with Crippen LogP contribution >= 0.6 is 11.6 Å². The summed E-state index contributed by atoms with van der Waals surface area (Å²) >= 11 is 5.80. The van der Waals surface area contributed by atoms with Crippen LogP contribution in [0.4, 0.5) is 5.69 Å². The first kappa shape index (κ1) is 13.8. The first-order chi connectivity index (χ1) is 9.51. The summed E-state index contributed by atoms with van der Waals surface area (Å²) in [7, 11) is 0. The van der Waals surface area contributed by atoms with E-state index in [2.05, 4.69) is 0 Å². The van der Waals surface area contributed by atoms with Crippen LogP contribution < -0.4 is 4.74 Å². The predicted molar refractivity (Wildman–Crippen MR) is 74.1 cm³/mol. The molecule has 0 fully saturated rings. The minimum atomic E-state index is -0.456. The Morgan fingerprint density at radius 2 is 2.05 bits per heavy atom. The van der Waals surface area contributed by atoms with Crippen molar-refractivity contribution >= 4 is 17.3 Å². The number of aryl methyl sites for hydroxylation is 1. The zero-order chi connectivity index (χ0) is 14.7. The number of rotatable bonds is 3. The van der Waals surface area contributed by atoms with E-state index in [9.17, 15) is 10.1 Å².